The molecule has 1 aromatic heterocycles. The van der Waals surface area contributed by atoms with Gasteiger partial charge in [0.2, 0.25) is 12.2 Å². The number of carbonyl (C=O) groups excluding carboxylic acids is 1. The van der Waals surface area contributed by atoms with Crippen molar-refractivity contribution in [3.05, 3.63) is 70.7 Å². The van der Waals surface area contributed by atoms with Crippen molar-refractivity contribution < 1.29 is 22.8 Å². The van der Waals surface area contributed by atoms with Crippen LogP contribution in [-0.2, 0) is 11.4 Å². The zero-order valence-corrected chi connectivity index (χ0v) is 22.5. The first kappa shape index (κ1) is 26.1. The van der Waals surface area contributed by atoms with Crippen LogP contribution in [0.4, 0.5) is 19.0 Å². The molecule has 0 saturated heterocycles. The molecule has 0 spiro atoms. The Morgan fingerprint density at radius 3 is 2.58 bits per heavy atom. The SMILES string of the molecule is CCN1C(=O)c2nc(-c3ccc(F)c(C4N=C(C)NO4)c3)n(Cc3ccc(F)cc3F)c2N2C[C@@H](C(C)C)N=C12. The Morgan fingerprint density at radius 1 is 1.10 bits per heavy atom. The molecule has 3 aliphatic rings. The summed E-state index contributed by atoms with van der Waals surface area (Å²) in [7, 11) is 0. The number of guanidine groups is 1. The number of hydrogen-bond acceptors (Lipinski definition) is 7. The van der Waals surface area contributed by atoms with Gasteiger partial charge in [0, 0.05) is 29.3 Å². The van der Waals surface area contributed by atoms with E-state index < -0.39 is 23.7 Å². The second-order valence-electron chi connectivity index (χ2n) is 10.4. The van der Waals surface area contributed by atoms with Crippen molar-refractivity contribution in [2.24, 2.45) is 15.9 Å². The summed E-state index contributed by atoms with van der Waals surface area (Å²) in [6.45, 7) is 8.53. The fourth-order valence-corrected chi connectivity index (χ4v) is 5.21. The number of halogens is 3. The molecule has 0 fully saturated rings. The van der Waals surface area contributed by atoms with Gasteiger partial charge in [-0.3, -0.25) is 20.1 Å². The van der Waals surface area contributed by atoms with Gasteiger partial charge in [-0.15, -0.1) is 0 Å². The lowest BCUT2D eigenvalue weighted by molar-refractivity contribution is 0.0353. The minimum atomic E-state index is -0.908. The van der Waals surface area contributed by atoms with E-state index in [-0.39, 0.29) is 41.2 Å². The van der Waals surface area contributed by atoms with Crippen molar-refractivity contribution in [3.8, 4) is 11.4 Å². The third kappa shape index (κ3) is 4.23. The maximum atomic E-state index is 14.9. The van der Waals surface area contributed by atoms with Crippen LogP contribution in [0.25, 0.3) is 11.4 Å². The number of aliphatic imine (C=N–C) groups is 2. The van der Waals surface area contributed by atoms with Gasteiger partial charge in [-0.2, -0.15) is 0 Å². The molecule has 0 aliphatic carbocycles. The lowest BCUT2D eigenvalue weighted by atomic mass is 10.1. The molecule has 9 nitrogen and oxygen atoms in total. The summed E-state index contributed by atoms with van der Waals surface area (Å²) in [5.74, 6) is -0.258. The second-order valence-corrected chi connectivity index (χ2v) is 10.4. The molecule has 0 saturated carbocycles. The van der Waals surface area contributed by atoms with E-state index in [4.69, 9.17) is 14.8 Å². The quantitative estimate of drug-likeness (QED) is 0.482. The average Bonchev–Trinajstić information content (AvgIpc) is 3.64. The molecule has 0 radical (unpaired) electrons. The van der Waals surface area contributed by atoms with Crippen LogP contribution in [0.1, 0.15) is 55.5 Å². The van der Waals surface area contributed by atoms with E-state index in [1.54, 1.807) is 28.5 Å². The highest BCUT2D eigenvalue weighted by Crippen LogP contribution is 2.39. The zero-order chi connectivity index (χ0) is 28.3. The number of hydrogen-bond donors (Lipinski definition) is 1. The summed E-state index contributed by atoms with van der Waals surface area (Å²) in [5, 5.41) is 0. The first-order chi connectivity index (χ1) is 19.2. The van der Waals surface area contributed by atoms with Crippen molar-refractivity contribution in [2.75, 3.05) is 18.0 Å². The molecule has 3 aliphatic heterocycles. The van der Waals surface area contributed by atoms with E-state index in [2.05, 4.69) is 24.3 Å². The predicted molar refractivity (Wildman–Crippen MR) is 143 cm³/mol. The standard InChI is InChI=1S/C28H28F3N7O2/c1-5-36-27(39)23-26(38-13-22(14(2)3)33-28(36)38)37(12-17-6-8-18(29)11-21(17)31)24(34-23)16-7-9-20(30)19(10-16)25-32-15(4)35-40-25/h6-11,14,22,25H,5,12-13H2,1-4H3,(H,32,35)/t22-,25?/m0/s1. The summed E-state index contributed by atoms with van der Waals surface area (Å²) in [4.78, 5) is 36.5. The highest BCUT2D eigenvalue weighted by Gasteiger charge is 2.44. The summed E-state index contributed by atoms with van der Waals surface area (Å²) < 4.78 is 45.3. The van der Waals surface area contributed by atoms with Crippen LogP contribution in [0, 0.1) is 23.4 Å². The Bertz CT molecular complexity index is 1580. The van der Waals surface area contributed by atoms with Crippen molar-refractivity contribution >= 4 is 23.5 Å². The number of fused-ring (bicyclic) bond motifs is 3. The van der Waals surface area contributed by atoms with Gasteiger partial charge in [-0.1, -0.05) is 19.9 Å². The lowest BCUT2D eigenvalue weighted by Crippen LogP contribution is -2.50. The Labute approximate surface area is 228 Å². The molecule has 1 unspecified atom stereocenters. The number of nitrogens with zero attached hydrogens (tertiary/aromatic N) is 6. The van der Waals surface area contributed by atoms with Crippen molar-refractivity contribution in [3.63, 3.8) is 0 Å². The first-order valence-corrected chi connectivity index (χ1v) is 13.1. The van der Waals surface area contributed by atoms with E-state index in [1.165, 1.54) is 18.2 Å². The van der Waals surface area contributed by atoms with Crippen LogP contribution < -0.4 is 10.4 Å². The van der Waals surface area contributed by atoms with Gasteiger partial charge in [0.15, 0.2) is 5.69 Å². The van der Waals surface area contributed by atoms with Crippen molar-refractivity contribution in [1.29, 1.82) is 0 Å². The molecule has 12 heteroatoms. The molecule has 40 heavy (non-hydrogen) atoms. The minimum Gasteiger partial charge on any atom is -0.305 e. The molecule has 1 amide bonds. The van der Waals surface area contributed by atoms with Crippen molar-refractivity contribution in [1.82, 2.24) is 19.9 Å². The number of amides is 1. The van der Waals surface area contributed by atoms with Gasteiger partial charge < -0.3 is 4.57 Å². The average molecular weight is 552 g/mol. The van der Waals surface area contributed by atoms with Gasteiger partial charge in [0.05, 0.1) is 19.1 Å². The second kappa shape index (κ2) is 9.77. The van der Waals surface area contributed by atoms with Gasteiger partial charge in [-0.25, -0.2) is 33.0 Å². The third-order valence-corrected chi connectivity index (χ3v) is 7.36. The normalized spacial score (nSPS) is 20.1. The summed E-state index contributed by atoms with van der Waals surface area (Å²) >= 11 is 0. The Hall–Kier alpha value is -4.19. The maximum Gasteiger partial charge on any atom is 0.283 e. The zero-order valence-electron chi connectivity index (χ0n) is 22.5. The number of rotatable bonds is 6. The summed E-state index contributed by atoms with van der Waals surface area (Å²) in [6, 6.07) is 7.69. The van der Waals surface area contributed by atoms with Crippen molar-refractivity contribution in [2.45, 2.75) is 46.5 Å². The van der Waals surface area contributed by atoms with Gasteiger partial charge in [0.25, 0.3) is 5.91 Å². The van der Waals surface area contributed by atoms with E-state index >= 15 is 0 Å². The molecular formula is C28H28F3N7O2. The van der Waals surface area contributed by atoms with Crippen LogP contribution in [0.3, 0.4) is 0 Å². The molecule has 1 N–H and O–H groups in total. The Balaban J connectivity index is 1.55. The van der Waals surface area contributed by atoms with Gasteiger partial charge >= 0.3 is 0 Å². The molecule has 6 rings (SSSR count). The molecule has 4 heterocycles. The number of hydroxylamine groups is 1. The number of imidazole rings is 1. The van der Waals surface area contributed by atoms with Crippen LogP contribution in [-0.4, -0.2) is 51.3 Å². The topological polar surface area (TPSA) is 87.3 Å². The third-order valence-electron chi connectivity index (χ3n) is 7.36. The lowest BCUT2D eigenvalue weighted by Gasteiger charge is -2.34. The molecule has 2 aromatic carbocycles. The van der Waals surface area contributed by atoms with E-state index in [0.717, 1.165) is 6.07 Å². The highest BCUT2D eigenvalue weighted by molar-refractivity contribution is 6.18. The highest BCUT2D eigenvalue weighted by atomic mass is 19.1. The van der Waals surface area contributed by atoms with Crippen LogP contribution in [0.2, 0.25) is 0 Å². The summed E-state index contributed by atoms with van der Waals surface area (Å²) in [6.07, 6.45) is -0.908. The number of carbonyl (C=O) groups is 1. The Morgan fingerprint density at radius 2 is 1.90 bits per heavy atom. The molecule has 3 aromatic rings. The number of amidine groups is 1. The number of anilines is 1. The first-order valence-electron chi connectivity index (χ1n) is 13.1. The monoisotopic (exact) mass is 551 g/mol. The van der Waals surface area contributed by atoms with E-state index in [0.29, 0.717) is 42.1 Å². The fraction of sp³-hybridized carbons (Fsp3) is 0.357. The maximum absolute atomic E-state index is 14.9. The fourth-order valence-electron chi connectivity index (χ4n) is 5.21. The summed E-state index contributed by atoms with van der Waals surface area (Å²) in [5.41, 5.74) is 3.66. The predicted octanol–water partition coefficient (Wildman–Crippen LogP) is 4.64. The molecule has 2 atom stereocenters. The van der Waals surface area contributed by atoms with Crippen LogP contribution in [0.5, 0.6) is 0 Å². The smallest absolute Gasteiger partial charge is 0.283 e. The number of benzene rings is 2. The van der Waals surface area contributed by atoms with Gasteiger partial charge in [-0.05, 0) is 44.0 Å². The molecule has 0 bridgehead atoms. The van der Waals surface area contributed by atoms with Crippen LogP contribution >= 0.6 is 0 Å². The minimum absolute atomic E-state index is 0.0508. The van der Waals surface area contributed by atoms with E-state index in [9.17, 15) is 18.0 Å². The van der Waals surface area contributed by atoms with E-state index in [1.807, 2.05) is 11.8 Å². The Kier molecular flexibility index (Phi) is 6.37. The molecule has 208 valence electrons. The largest absolute Gasteiger partial charge is 0.305 e. The van der Waals surface area contributed by atoms with Crippen LogP contribution in [0.15, 0.2) is 46.4 Å². The van der Waals surface area contributed by atoms with Gasteiger partial charge in [0.1, 0.15) is 34.9 Å². The number of nitrogens with one attached hydrogen (secondary N) is 1. The molecular weight excluding hydrogens is 523 g/mol. The number of aromatic nitrogens is 2.